The molecule has 2 atom stereocenters. The van der Waals surface area contributed by atoms with Gasteiger partial charge in [-0.05, 0) is 31.0 Å². The van der Waals surface area contributed by atoms with Crippen LogP contribution < -0.4 is 4.90 Å². The van der Waals surface area contributed by atoms with Crippen LogP contribution in [0.15, 0.2) is 12.1 Å². The van der Waals surface area contributed by atoms with Gasteiger partial charge < -0.3 is 9.80 Å². The van der Waals surface area contributed by atoms with E-state index in [4.69, 9.17) is 11.6 Å². The minimum absolute atomic E-state index is 0.461. The molecule has 0 bridgehead atoms. The molecule has 0 aromatic carbocycles. The standard InChI is InChI=1S/C11H15ClN4/c1-15-4-8-6-16(7-9(8)5-15)11-3-2-10(12)13-14-11/h2-3,8-9H,4-7H2,1H3. The number of likely N-dealkylation sites (tertiary alicyclic amines) is 1. The van der Waals surface area contributed by atoms with Gasteiger partial charge in [-0.2, -0.15) is 0 Å². The SMILES string of the molecule is CN1CC2CN(c3ccc(Cl)nn3)CC2C1. The van der Waals surface area contributed by atoms with Gasteiger partial charge in [0.05, 0.1) is 0 Å². The fourth-order valence-corrected chi connectivity index (χ4v) is 2.99. The maximum Gasteiger partial charge on any atom is 0.151 e. The van der Waals surface area contributed by atoms with Gasteiger partial charge in [0.15, 0.2) is 11.0 Å². The summed E-state index contributed by atoms with van der Waals surface area (Å²) in [6.45, 7) is 4.63. The topological polar surface area (TPSA) is 32.3 Å². The van der Waals surface area contributed by atoms with Crippen molar-refractivity contribution in [3.63, 3.8) is 0 Å². The van der Waals surface area contributed by atoms with Gasteiger partial charge in [0, 0.05) is 26.2 Å². The molecule has 0 radical (unpaired) electrons. The Morgan fingerprint density at radius 2 is 1.81 bits per heavy atom. The smallest absolute Gasteiger partial charge is 0.151 e. The molecule has 2 aliphatic rings. The molecule has 1 aromatic rings. The van der Waals surface area contributed by atoms with Crippen molar-refractivity contribution < 1.29 is 0 Å². The predicted molar refractivity (Wildman–Crippen MR) is 63.7 cm³/mol. The second-order valence-corrected chi connectivity index (χ2v) is 5.25. The lowest BCUT2D eigenvalue weighted by molar-refractivity contribution is 0.387. The molecule has 16 heavy (non-hydrogen) atoms. The average molecular weight is 239 g/mol. The second kappa shape index (κ2) is 3.86. The minimum Gasteiger partial charge on any atom is -0.354 e. The summed E-state index contributed by atoms with van der Waals surface area (Å²) >= 11 is 5.73. The molecule has 2 fully saturated rings. The molecule has 0 amide bonds. The summed E-state index contributed by atoms with van der Waals surface area (Å²) in [6, 6.07) is 3.77. The van der Waals surface area contributed by atoms with Crippen LogP contribution in [0, 0.1) is 11.8 Å². The Bertz CT molecular complexity index is 366. The van der Waals surface area contributed by atoms with Crippen LogP contribution in [-0.2, 0) is 0 Å². The summed E-state index contributed by atoms with van der Waals surface area (Å²) < 4.78 is 0. The van der Waals surface area contributed by atoms with Gasteiger partial charge in [-0.1, -0.05) is 11.6 Å². The number of hydrogen-bond donors (Lipinski definition) is 0. The Morgan fingerprint density at radius 3 is 2.38 bits per heavy atom. The summed E-state index contributed by atoms with van der Waals surface area (Å²) in [5.41, 5.74) is 0. The van der Waals surface area contributed by atoms with Crippen molar-refractivity contribution in [2.75, 3.05) is 38.1 Å². The van der Waals surface area contributed by atoms with Gasteiger partial charge in [0.25, 0.3) is 0 Å². The summed E-state index contributed by atoms with van der Waals surface area (Å²) in [4.78, 5) is 4.74. The molecule has 2 saturated heterocycles. The zero-order valence-corrected chi connectivity index (χ0v) is 10.1. The van der Waals surface area contributed by atoms with E-state index in [0.717, 1.165) is 30.7 Å². The maximum atomic E-state index is 5.73. The van der Waals surface area contributed by atoms with E-state index in [0.29, 0.717) is 5.15 Å². The Kier molecular flexibility index (Phi) is 2.48. The normalized spacial score (nSPS) is 29.8. The van der Waals surface area contributed by atoms with Crippen molar-refractivity contribution in [2.24, 2.45) is 11.8 Å². The molecule has 3 heterocycles. The van der Waals surface area contributed by atoms with Crippen molar-refractivity contribution in [3.05, 3.63) is 17.3 Å². The van der Waals surface area contributed by atoms with E-state index >= 15 is 0 Å². The first-order valence-electron chi connectivity index (χ1n) is 5.65. The Balaban J connectivity index is 1.73. The van der Waals surface area contributed by atoms with Crippen LogP contribution in [0.5, 0.6) is 0 Å². The van der Waals surface area contributed by atoms with Crippen LogP contribution in [-0.4, -0.2) is 48.3 Å². The second-order valence-electron chi connectivity index (χ2n) is 4.86. The number of fused-ring (bicyclic) bond motifs is 1. The molecular weight excluding hydrogens is 224 g/mol. The maximum absolute atomic E-state index is 5.73. The van der Waals surface area contributed by atoms with E-state index in [1.807, 2.05) is 12.1 Å². The van der Waals surface area contributed by atoms with Crippen molar-refractivity contribution >= 4 is 17.4 Å². The first kappa shape index (κ1) is 10.3. The first-order chi connectivity index (χ1) is 7.72. The lowest BCUT2D eigenvalue weighted by Crippen LogP contribution is -2.27. The predicted octanol–water partition coefficient (Wildman–Crippen LogP) is 1.13. The highest BCUT2D eigenvalue weighted by molar-refractivity contribution is 6.29. The minimum atomic E-state index is 0.461. The van der Waals surface area contributed by atoms with Crippen LogP contribution in [0.1, 0.15) is 0 Å². The van der Waals surface area contributed by atoms with E-state index in [-0.39, 0.29) is 0 Å². The lowest BCUT2D eigenvalue weighted by Gasteiger charge is -2.19. The summed E-state index contributed by atoms with van der Waals surface area (Å²) in [5, 5.41) is 8.49. The molecule has 1 aromatic heterocycles. The van der Waals surface area contributed by atoms with E-state index < -0.39 is 0 Å². The third-order valence-electron chi connectivity index (χ3n) is 3.61. The van der Waals surface area contributed by atoms with E-state index in [2.05, 4.69) is 27.0 Å². The molecule has 4 nitrogen and oxygen atoms in total. The molecule has 5 heteroatoms. The molecule has 3 rings (SSSR count). The van der Waals surface area contributed by atoms with E-state index in [9.17, 15) is 0 Å². The largest absolute Gasteiger partial charge is 0.354 e. The molecule has 0 saturated carbocycles. The number of aromatic nitrogens is 2. The third kappa shape index (κ3) is 1.76. The Hall–Kier alpha value is -0.870. The summed E-state index contributed by atoms with van der Waals surface area (Å²) in [7, 11) is 2.20. The molecule has 0 spiro atoms. The van der Waals surface area contributed by atoms with Gasteiger partial charge in [-0.3, -0.25) is 0 Å². The van der Waals surface area contributed by atoms with Crippen LogP contribution in [0.2, 0.25) is 5.15 Å². The molecule has 2 aliphatic heterocycles. The van der Waals surface area contributed by atoms with Crippen LogP contribution in [0.4, 0.5) is 5.82 Å². The van der Waals surface area contributed by atoms with Crippen molar-refractivity contribution in [2.45, 2.75) is 0 Å². The van der Waals surface area contributed by atoms with Gasteiger partial charge in [0.1, 0.15) is 0 Å². The number of nitrogens with zero attached hydrogens (tertiary/aromatic N) is 4. The fourth-order valence-electron chi connectivity index (χ4n) is 2.89. The lowest BCUT2D eigenvalue weighted by atomic mass is 10.0. The zero-order chi connectivity index (χ0) is 11.1. The van der Waals surface area contributed by atoms with Crippen molar-refractivity contribution in [1.82, 2.24) is 15.1 Å². The highest BCUT2D eigenvalue weighted by Crippen LogP contribution is 2.32. The van der Waals surface area contributed by atoms with Gasteiger partial charge in [-0.15, -0.1) is 10.2 Å². The van der Waals surface area contributed by atoms with Gasteiger partial charge >= 0.3 is 0 Å². The van der Waals surface area contributed by atoms with Crippen LogP contribution in [0.25, 0.3) is 0 Å². The van der Waals surface area contributed by atoms with Crippen molar-refractivity contribution in [3.8, 4) is 0 Å². The van der Waals surface area contributed by atoms with Crippen molar-refractivity contribution in [1.29, 1.82) is 0 Å². The number of hydrogen-bond acceptors (Lipinski definition) is 4. The quantitative estimate of drug-likeness (QED) is 0.734. The van der Waals surface area contributed by atoms with Gasteiger partial charge in [-0.25, -0.2) is 0 Å². The fraction of sp³-hybridized carbons (Fsp3) is 0.636. The molecule has 2 unspecified atom stereocenters. The van der Waals surface area contributed by atoms with E-state index in [1.165, 1.54) is 13.1 Å². The monoisotopic (exact) mass is 238 g/mol. The zero-order valence-electron chi connectivity index (χ0n) is 9.30. The van der Waals surface area contributed by atoms with Gasteiger partial charge in [0.2, 0.25) is 0 Å². The molecular formula is C11H15ClN4. The molecule has 0 aliphatic carbocycles. The third-order valence-corrected chi connectivity index (χ3v) is 3.81. The van der Waals surface area contributed by atoms with Crippen LogP contribution >= 0.6 is 11.6 Å². The summed E-state index contributed by atoms with van der Waals surface area (Å²) in [5.74, 6) is 2.55. The molecule has 86 valence electrons. The first-order valence-corrected chi connectivity index (χ1v) is 6.03. The summed E-state index contributed by atoms with van der Waals surface area (Å²) in [6.07, 6.45) is 0. The highest BCUT2D eigenvalue weighted by atomic mass is 35.5. The van der Waals surface area contributed by atoms with E-state index in [1.54, 1.807) is 0 Å². The molecule has 0 N–H and O–H groups in total. The Morgan fingerprint density at radius 1 is 1.12 bits per heavy atom. The average Bonchev–Trinajstić information content (AvgIpc) is 2.75. The number of anilines is 1. The highest BCUT2D eigenvalue weighted by Gasteiger charge is 2.39. The number of rotatable bonds is 1. The Labute approximate surface area is 100 Å². The van der Waals surface area contributed by atoms with Crippen LogP contribution in [0.3, 0.4) is 0 Å². The number of halogens is 1.